The van der Waals surface area contributed by atoms with Crippen LogP contribution in [-0.4, -0.2) is 44.6 Å². The van der Waals surface area contributed by atoms with Gasteiger partial charge in [0.25, 0.3) is 21.8 Å². The van der Waals surface area contributed by atoms with Crippen molar-refractivity contribution in [1.82, 2.24) is 10.4 Å². The van der Waals surface area contributed by atoms with Crippen LogP contribution in [0.5, 0.6) is 5.75 Å². The number of nitrogens with zero attached hydrogens (tertiary/aromatic N) is 3. The van der Waals surface area contributed by atoms with Crippen molar-refractivity contribution in [3.63, 3.8) is 0 Å². The molecule has 2 amide bonds. The van der Waals surface area contributed by atoms with E-state index in [0.29, 0.717) is 22.0 Å². The number of amides is 2. The third kappa shape index (κ3) is 7.88. The minimum Gasteiger partial charge on any atom is -0.484 e. The lowest BCUT2D eigenvalue weighted by Gasteiger charge is -2.22. The average Bonchev–Trinajstić information content (AvgIpc) is 2.96. The number of benzene rings is 3. The Morgan fingerprint density at radius 2 is 1.68 bits per heavy atom. The zero-order valence-corrected chi connectivity index (χ0v) is 22.5. The van der Waals surface area contributed by atoms with E-state index in [1.807, 2.05) is 0 Å². The molecule has 0 unspecified atom stereocenters. The first-order valence-electron chi connectivity index (χ1n) is 11.9. The second kappa shape index (κ2) is 13.4. The number of pyridine rings is 1. The number of aromatic nitrogens is 1. The number of halogens is 1. The van der Waals surface area contributed by atoms with Crippen LogP contribution in [0.1, 0.15) is 5.56 Å². The van der Waals surface area contributed by atoms with E-state index in [9.17, 15) is 18.0 Å². The number of hydrogen-bond donors (Lipinski definition) is 2. The molecule has 3 aromatic carbocycles. The van der Waals surface area contributed by atoms with Gasteiger partial charge in [-0.05, 0) is 72.3 Å². The summed E-state index contributed by atoms with van der Waals surface area (Å²) in [5, 5.41) is 7.12. The molecular weight excluding hydrogens is 554 g/mol. The molecule has 204 valence electrons. The summed E-state index contributed by atoms with van der Waals surface area (Å²) >= 11 is 5.91. The van der Waals surface area contributed by atoms with E-state index >= 15 is 0 Å². The fourth-order valence-electron chi connectivity index (χ4n) is 3.42. The lowest BCUT2D eigenvalue weighted by Crippen LogP contribution is -2.40. The van der Waals surface area contributed by atoms with Gasteiger partial charge in [-0.3, -0.25) is 9.59 Å². The smallest absolute Gasteiger partial charge is 0.265 e. The maximum atomic E-state index is 13.2. The number of anilines is 2. The van der Waals surface area contributed by atoms with Gasteiger partial charge in [0.15, 0.2) is 6.61 Å². The monoisotopic (exact) mass is 577 g/mol. The molecule has 1 heterocycles. The number of carbonyl (C=O) groups excluding carboxylic acids is 2. The molecule has 4 rings (SSSR count). The van der Waals surface area contributed by atoms with Crippen molar-refractivity contribution in [2.45, 2.75) is 4.90 Å². The highest BCUT2D eigenvalue weighted by atomic mass is 35.5. The molecule has 0 aliphatic heterocycles. The molecule has 0 aliphatic carbocycles. The van der Waals surface area contributed by atoms with E-state index in [2.05, 4.69) is 20.8 Å². The first kappa shape index (κ1) is 28.3. The number of sulfonamides is 1. The van der Waals surface area contributed by atoms with Crippen LogP contribution in [0.25, 0.3) is 0 Å². The number of rotatable bonds is 11. The first-order valence-corrected chi connectivity index (χ1v) is 13.7. The number of hydrazone groups is 1. The van der Waals surface area contributed by atoms with Crippen LogP contribution in [0.4, 0.5) is 11.5 Å². The lowest BCUT2D eigenvalue weighted by atomic mass is 10.2. The molecule has 0 fully saturated rings. The van der Waals surface area contributed by atoms with Gasteiger partial charge < -0.3 is 10.1 Å². The van der Waals surface area contributed by atoms with Gasteiger partial charge in [-0.15, -0.1) is 0 Å². The van der Waals surface area contributed by atoms with Crippen molar-refractivity contribution in [1.29, 1.82) is 0 Å². The Balaban J connectivity index is 1.32. The van der Waals surface area contributed by atoms with E-state index in [0.717, 1.165) is 4.31 Å². The number of ether oxygens (including phenoxy) is 1. The molecule has 1 aromatic heterocycles. The topological polar surface area (TPSA) is 130 Å². The van der Waals surface area contributed by atoms with Crippen LogP contribution in [0.15, 0.2) is 113 Å². The Morgan fingerprint density at radius 3 is 2.38 bits per heavy atom. The molecule has 0 radical (unpaired) electrons. The fourth-order valence-corrected chi connectivity index (χ4v) is 5.00. The van der Waals surface area contributed by atoms with Crippen molar-refractivity contribution >= 4 is 51.2 Å². The highest BCUT2D eigenvalue weighted by molar-refractivity contribution is 7.92. The van der Waals surface area contributed by atoms with Gasteiger partial charge in [-0.1, -0.05) is 41.9 Å². The molecule has 4 aromatic rings. The predicted molar refractivity (Wildman–Crippen MR) is 153 cm³/mol. The van der Waals surface area contributed by atoms with Gasteiger partial charge in [0.2, 0.25) is 0 Å². The second-order valence-corrected chi connectivity index (χ2v) is 10.5. The zero-order valence-electron chi connectivity index (χ0n) is 21.0. The molecule has 40 heavy (non-hydrogen) atoms. The molecule has 10 nitrogen and oxygen atoms in total. The Bertz CT molecular complexity index is 1580. The van der Waals surface area contributed by atoms with Crippen molar-refractivity contribution in [3.05, 3.63) is 114 Å². The fraction of sp³-hybridized carbons (Fsp3) is 0.0714. The highest BCUT2D eigenvalue weighted by Crippen LogP contribution is 2.21. The van der Waals surface area contributed by atoms with E-state index in [-0.39, 0.29) is 23.2 Å². The van der Waals surface area contributed by atoms with Gasteiger partial charge in [-0.25, -0.2) is 23.1 Å². The number of hydrogen-bond acceptors (Lipinski definition) is 7. The van der Waals surface area contributed by atoms with Gasteiger partial charge in [0.05, 0.1) is 11.1 Å². The van der Waals surface area contributed by atoms with E-state index in [1.165, 1.54) is 30.6 Å². The van der Waals surface area contributed by atoms with Gasteiger partial charge in [0.1, 0.15) is 18.1 Å². The predicted octanol–water partition coefficient (Wildman–Crippen LogP) is 4.10. The molecule has 0 bridgehead atoms. The third-order valence-electron chi connectivity index (χ3n) is 5.28. The molecular formula is C28H24ClN5O5S. The summed E-state index contributed by atoms with van der Waals surface area (Å²) in [7, 11) is -4.05. The van der Waals surface area contributed by atoms with Gasteiger partial charge in [-0.2, -0.15) is 5.10 Å². The van der Waals surface area contributed by atoms with Crippen molar-refractivity contribution in [2.75, 3.05) is 22.8 Å². The maximum absolute atomic E-state index is 13.2. The van der Waals surface area contributed by atoms with Crippen LogP contribution in [0, 0.1) is 0 Å². The van der Waals surface area contributed by atoms with Crippen LogP contribution < -0.4 is 19.8 Å². The van der Waals surface area contributed by atoms with Crippen LogP contribution in [-0.2, 0) is 19.6 Å². The summed E-state index contributed by atoms with van der Waals surface area (Å²) in [5.41, 5.74) is 3.54. The molecule has 2 N–H and O–H groups in total. The summed E-state index contributed by atoms with van der Waals surface area (Å²) in [6.45, 7) is -0.732. The van der Waals surface area contributed by atoms with Crippen LogP contribution in [0.2, 0.25) is 5.02 Å². The molecule has 0 saturated carbocycles. The summed E-state index contributed by atoms with van der Waals surface area (Å²) in [4.78, 5) is 28.8. The first-order chi connectivity index (χ1) is 19.3. The van der Waals surface area contributed by atoms with Crippen molar-refractivity contribution in [3.8, 4) is 5.75 Å². The highest BCUT2D eigenvalue weighted by Gasteiger charge is 2.27. The largest absolute Gasteiger partial charge is 0.484 e. The maximum Gasteiger partial charge on any atom is 0.265 e. The number of carbonyl (C=O) groups is 2. The molecule has 0 aliphatic rings. The van der Waals surface area contributed by atoms with Crippen molar-refractivity contribution < 1.29 is 22.7 Å². The quantitative estimate of drug-likeness (QED) is 0.204. The van der Waals surface area contributed by atoms with Crippen LogP contribution in [0.3, 0.4) is 0 Å². The summed E-state index contributed by atoms with van der Waals surface area (Å²) in [6.07, 6.45) is 2.84. The standard InChI is InChI=1S/C28H24ClN5O5S/c29-22-7-6-8-23(17-22)32-28(36)20-39-24-14-12-21(13-15-24)18-31-33-27(35)19-34(26-11-4-5-16-30-26)40(37,38)25-9-2-1-3-10-25/h1-18H,19-20H2,(H,32,36)(H,33,35)/b31-18+. The average molecular weight is 578 g/mol. The Labute approximate surface area is 236 Å². The summed E-state index contributed by atoms with van der Waals surface area (Å²) in [6, 6.07) is 26.0. The number of nitrogens with one attached hydrogen (secondary N) is 2. The van der Waals surface area contributed by atoms with E-state index < -0.39 is 22.5 Å². The van der Waals surface area contributed by atoms with Gasteiger partial charge >= 0.3 is 0 Å². The minimum absolute atomic E-state index is 0.0289. The van der Waals surface area contributed by atoms with E-state index in [1.54, 1.807) is 78.9 Å². The normalized spacial score (nSPS) is 11.1. The molecule has 12 heteroatoms. The SMILES string of the molecule is O=C(CN(c1ccccn1)S(=O)(=O)c1ccccc1)N/N=C/c1ccc(OCC(=O)Nc2cccc(Cl)c2)cc1. The zero-order chi connectivity index (χ0) is 28.4. The Morgan fingerprint density at radius 1 is 0.925 bits per heavy atom. The lowest BCUT2D eigenvalue weighted by molar-refractivity contribution is -0.119. The summed E-state index contributed by atoms with van der Waals surface area (Å²) in [5.74, 6) is -0.446. The van der Waals surface area contributed by atoms with E-state index in [4.69, 9.17) is 16.3 Å². The summed E-state index contributed by atoms with van der Waals surface area (Å²) < 4.78 is 32.9. The minimum atomic E-state index is -4.05. The Hall–Kier alpha value is -4.74. The third-order valence-corrected chi connectivity index (χ3v) is 7.28. The molecule has 0 spiro atoms. The van der Waals surface area contributed by atoms with Gasteiger partial charge in [0, 0.05) is 16.9 Å². The van der Waals surface area contributed by atoms with Crippen molar-refractivity contribution in [2.24, 2.45) is 5.10 Å². The Kier molecular flexibility index (Phi) is 9.44. The second-order valence-electron chi connectivity index (χ2n) is 8.22. The molecule has 0 atom stereocenters. The van der Waals surface area contributed by atoms with Crippen LogP contribution >= 0.6 is 11.6 Å². The molecule has 0 saturated heterocycles.